The molecule has 1 saturated carbocycles. The third kappa shape index (κ3) is 2.84. The summed E-state index contributed by atoms with van der Waals surface area (Å²) < 4.78 is 0.459. The molecule has 0 aromatic heterocycles. The molecule has 0 bridgehead atoms. The van der Waals surface area contributed by atoms with Gasteiger partial charge in [0.2, 0.25) is 0 Å². The second kappa shape index (κ2) is 5.00. The minimum atomic E-state index is 0.459. The molecule has 0 radical (unpaired) electrons. The number of rotatable bonds is 3. The van der Waals surface area contributed by atoms with Crippen molar-refractivity contribution >= 4 is 28.7 Å². The van der Waals surface area contributed by atoms with Crippen LogP contribution in [0.5, 0.6) is 0 Å². The van der Waals surface area contributed by atoms with Gasteiger partial charge < -0.3 is 5.32 Å². The molecule has 0 amide bonds. The molecule has 1 aliphatic carbocycles. The monoisotopic (exact) mass is 244 g/mol. The lowest BCUT2D eigenvalue weighted by Gasteiger charge is -2.24. The van der Waals surface area contributed by atoms with Crippen molar-refractivity contribution in [2.75, 3.05) is 18.6 Å². The van der Waals surface area contributed by atoms with Gasteiger partial charge in [0.1, 0.15) is 0 Å². The minimum absolute atomic E-state index is 0.459. The van der Waals surface area contributed by atoms with Crippen molar-refractivity contribution in [2.45, 2.75) is 43.4 Å². The van der Waals surface area contributed by atoms with Crippen LogP contribution in [0.25, 0.3) is 0 Å². The van der Waals surface area contributed by atoms with Gasteiger partial charge in [-0.25, -0.2) is 0 Å². The van der Waals surface area contributed by atoms with E-state index < -0.39 is 0 Å². The lowest BCUT2D eigenvalue weighted by atomic mass is 10.1. The summed E-state index contributed by atoms with van der Waals surface area (Å²) in [5, 5.41) is 4.59. The van der Waals surface area contributed by atoms with Gasteiger partial charge in [-0.2, -0.15) is 11.8 Å². The van der Waals surface area contributed by atoms with E-state index >= 15 is 0 Å². The average Bonchev–Trinajstić information content (AvgIpc) is 2.85. The predicted octanol–water partition coefficient (Wildman–Crippen LogP) is 2.74. The molecule has 4 heteroatoms. The van der Waals surface area contributed by atoms with Crippen LogP contribution in [0.3, 0.4) is 0 Å². The largest absolute Gasteiger partial charge is 0.362 e. The zero-order valence-corrected chi connectivity index (χ0v) is 11.2. The zero-order chi connectivity index (χ0) is 10.7. The molecule has 1 N–H and O–H groups in total. The van der Waals surface area contributed by atoms with Crippen molar-refractivity contribution in [3.63, 3.8) is 0 Å². The van der Waals surface area contributed by atoms with Crippen molar-refractivity contribution < 1.29 is 0 Å². The molecular formula is C11H20N2S2. The van der Waals surface area contributed by atoms with Gasteiger partial charge >= 0.3 is 0 Å². The number of amidine groups is 1. The molecule has 2 fully saturated rings. The van der Waals surface area contributed by atoms with Crippen molar-refractivity contribution in [1.82, 2.24) is 5.32 Å². The first-order valence-corrected chi connectivity index (χ1v) is 7.94. The highest BCUT2D eigenvalue weighted by atomic mass is 32.2. The first kappa shape index (κ1) is 11.6. The fourth-order valence-electron chi connectivity index (χ4n) is 2.25. The summed E-state index contributed by atoms with van der Waals surface area (Å²) in [5.41, 5.74) is 0. The molecule has 0 aromatic rings. The lowest BCUT2D eigenvalue weighted by Crippen LogP contribution is -2.27. The number of thioether (sulfide) groups is 2. The average molecular weight is 244 g/mol. The van der Waals surface area contributed by atoms with E-state index in [-0.39, 0.29) is 0 Å². The summed E-state index contributed by atoms with van der Waals surface area (Å²) in [5.74, 6) is 1.17. The number of nitrogens with zero attached hydrogens (tertiary/aromatic N) is 1. The van der Waals surface area contributed by atoms with Crippen molar-refractivity contribution in [2.24, 2.45) is 4.99 Å². The summed E-state index contributed by atoms with van der Waals surface area (Å²) in [6, 6.07) is 0.600. The molecule has 1 atom stereocenters. The summed E-state index contributed by atoms with van der Waals surface area (Å²) in [6.07, 6.45) is 7.73. The molecule has 0 spiro atoms. The van der Waals surface area contributed by atoms with E-state index in [9.17, 15) is 0 Å². The van der Waals surface area contributed by atoms with Gasteiger partial charge in [-0.1, -0.05) is 24.6 Å². The van der Waals surface area contributed by atoms with Crippen LogP contribution in [0.2, 0.25) is 0 Å². The third-order valence-electron chi connectivity index (χ3n) is 3.30. The van der Waals surface area contributed by atoms with E-state index in [1.807, 2.05) is 23.5 Å². The van der Waals surface area contributed by atoms with Crippen LogP contribution in [0.4, 0.5) is 0 Å². The third-order valence-corrected chi connectivity index (χ3v) is 5.89. The van der Waals surface area contributed by atoms with Crippen molar-refractivity contribution in [3.8, 4) is 0 Å². The van der Waals surface area contributed by atoms with Gasteiger partial charge in [-0.3, -0.25) is 4.99 Å². The Labute approximate surface area is 101 Å². The number of nitrogens with one attached hydrogen (secondary N) is 1. The highest BCUT2D eigenvalue weighted by Gasteiger charge is 2.33. The Morgan fingerprint density at radius 3 is 2.80 bits per heavy atom. The van der Waals surface area contributed by atoms with Crippen molar-refractivity contribution in [3.05, 3.63) is 0 Å². The fraction of sp³-hybridized carbons (Fsp3) is 0.909. The number of aliphatic imine (C=N–C) groups is 1. The van der Waals surface area contributed by atoms with E-state index in [1.54, 1.807) is 0 Å². The van der Waals surface area contributed by atoms with Crippen LogP contribution in [0.15, 0.2) is 4.99 Å². The molecular weight excluding hydrogens is 224 g/mol. The molecule has 0 aromatic carbocycles. The molecule has 2 nitrogen and oxygen atoms in total. The van der Waals surface area contributed by atoms with E-state index in [4.69, 9.17) is 4.99 Å². The molecule has 1 heterocycles. The second-order valence-electron chi connectivity index (χ2n) is 4.57. The summed E-state index contributed by atoms with van der Waals surface area (Å²) >= 11 is 3.89. The van der Waals surface area contributed by atoms with Gasteiger partial charge in [0.25, 0.3) is 0 Å². The van der Waals surface area contributed by atoms with E-state index in [0.29, 0.717) is 10.8 Å². The van der Waals surface area contributed by atoms with Crippen LogP contribution in [0.1, 0.15) is 32.6 Å². The van der Waals surface area contributed by atoms with Gasteiger partial charge in [0, 0.05) is 16.5 Å². The Morgan fingerprint density at radius 2 is 2.27 bits per heavy atom. The highest BCUT2D eigenvalue weighted by Crippen LogP contribution is 2.40. The summed E-state index contributed by atoms with van der Waals surface area (Å²) in [6.45, 7) is 3.23. The Morgan fingerprint density at radius 1 is 1.53 bits per heavy atom. The minimum Gasteiger partial charge on any atom is -0.362 e. The maximum absolute atomic E-state index is 4.75. The quantitative estimate of drug-likeness (QED) is 0.826. The van der Waals surface area contributed by atoms with Gasteiger partial charge in [0.05, 0.1) is 6.54 Å². The van der Waals surface area contributed by atoms with Gasteiger partial charge in [-0.05, 0) is 26.0 Å². The topological polar surface area (TPSA) is 24.4 Å². The maximum Gasteiger partial charge on any atom is 0.156 e. The summed E-state index contributed by atoms with van der Waals surface area (Å²) in [4.78, 5) is 4.75. The van der Waals surface area contributed by atoms with E-state index in [2.05, 4.69) is 18.5 Å². The molecule has 1 unspecified atom stereocenters. The molecule has 1 aliphatic heterocycles. The SMILES string of the molecule is CSC1(CN=C2NC(C)CS2)CCCC1. The Hall–Kier alpha value is 0.170. The fourth-order valence-corrected chi connectivity index (χ4v) is 4.07. The van der Waals surface area contributed by atoms with Gasteiger partial charge in [0.15, 0.2) is 5.17 Å². The standard InChI is InChI=1S/C11H20N2S2/c1-9-7-15-10(13-9)12-8-11(14-2)5-3-4-6-11/h9H,3-8H2,1-2H3,(H,12,13). The Kier molecular flexibility index (Phi) is 3.88. The number of hydrogen-bond acceptors (Lipinski definition) is 3. The first-order valence-electron chi connectivity index (χ1n) is 5.73. The van der Waals surface area contributed by atoms with E-state index in [1.165, 1.54) is 36.6 Å². The summed E-state index contributed by atoms with van der Waals surface area (Å²) in [7, 11) is 0. The Bertz CT molecular complexity index is 247. The second-order valence-corrected chi connectivity index (χ2v) is 6.85. The van der Waals surface area contributed by atoms with Crippen LogP contribution >= 0.6 is 23.5 Å². The lowest BCUT2D eigenvalue weighted by molar-refractivity contribution is 0.620. The molecule has 86 valence electrons. The van der Waals surface area contributed by atoms with Crippen LogP contribution in [0, 0.1) is 0 Å². The molecule has 15 heavy (non-hydrogen) atoms. The first-order chi connectivity index (χ1) is 7.24. The van der Waals surface area contributed by atoms with E-state index in [0.717, 1.165) is 6.54 Å². The van der Waals surface area contributed by atoms with Crippen LogP contribution in [-0.4, -0.2) is 34.5 Å². The predicted molar refractivity (Wildman–Crippen MR) is 72.1 cm³/mol. The van der Waals surface area contributed by atoms with Crippen LogP contribution < -0.4 is 5.32 Å². The highest BCUT2D eigenvalue weighted by molar-refractivity contribution is 8.14. The van der Waals surface area contributed by atoms with Gasteiger partial charge in [-0.15, -0.1) is 0 Å². The molecule has 2 aliphatic rings. The molecule has 2 rings (SSSR count). The van der Waals surface area contributed by atoms with Crippen molar-refractivity contribution in [1.29, 1.82) is 0 Å². The van der Waals surface area contributed by atoms with Crippen LogP contribution in [-0.2, 0) is 0 Å². The smallest absolute Gasteiger partial charge is 0.156 e. The molecule has 1 saturated heterocycles. The normalized spacial score (nSPS) is 32.1. The number of hydrogen-bond donors (Lipinski definition) is 1. The Balaban J connectivity index is 1.90. The zero-order valence-electron chi connectivity index (χ0n) is 9.58. The maximum atomic E-state index is 4.75.